The van der Waals surface area contributed by atoms with Crippen molar-refractivity contribution in [1.82, 2.24) is 5.32 Å². The molecular formula is C23H39NO. The minimum Gasteiger partial charge on any atom is -0.353 e. The molecule has 25 heavy (non-hydrogen) atoms. The zero-order valence-corrected chi connectivity index (χ0v) is 17.0. The Bertz CT molecular complexity index is 558. The fourth-order valence-corrected chi connectivity index (χ4v) is 8.76. The van der Waals surface area contributed by atoms with Crippen LogP contribution in [-0.2, 0) is 4.74 Å². The van der Waals surface area contributed by atoms with Crippen molar-refractivity contribution in [2.45, 2.75) is 103 Å². The monoisotopic (exact) mass is 345 g/mol. The lowest BCUT2D eigenvalue weighted by molar-refractivity contribution is -0.180. The summed E-state index contributed by atoms with van der Waals surface area (Å²) in [5.74, 6) is 3.92. The van der Waals surface area contributed by atoms with Gasteiger partial charge < -0.3 is 4.74 Å². The van der Waals surface area contributed by atoms with Crippen LogP contribution in [0.15, 0.2) is 0 Å². The van der Waals surface area contributed by atoms with Crippen LogP contribution in [0.4, 0.5) is 0 Å². The van der Waals surface area contributed by atoms with Crippen LogP contribution in [0.2, 0.25) is 0 Å². The number of nitrogens with one attached hydrogen (secondary N) is 1. The zero-order chi connectivity index (χ0) is 17.5. The highest BCUT2D eigenvalue weighted by molar-refractivity contribution is 5.17. The molecule has 5 aliphatic rings. The molecule has 2 nitrogen and oxygen atoms in total. The molecule has 0 aromatic carbocycles. The lowest BCUT2D eigenvalue weighted by Gasteiger charge is -2.61. The van der Waals surface area contributed by atoms with Gasteiger partial charge in [-0.15, -0.1) is 0 Å². The number of hydrogen-bond acceptors (Lipinski definition) is 2. The highest BCUT2D eigenvalue weighted by atomic mass is 16.6. The summed E-state index contributed by atoms with van der Waals surface area (Å²) in [7, 11) is 0. The molecule has 1 saturated heterocycles. The number of rotatable bonds is 0. The summed E-state index contributed by atoms with van der Waals surface area (Å²) < 4.78 is 6.77. The molecule has 142 valence electrons. The second-order valence-electron chi connectivity index (χ2n) is 11.4. The molecule has 5 rings (SSSR count). The summed E-state index contributed by atoms with van der Waals surface area (Å²) in [4.78, 5) is 0. The first-order valence-electron chi connectivity index (χ1n) is 11.2. The Morgan fingerprint density at radius 3 is 2.36 bits per heavy atom. The Morgan fingerprint density at radius 1 is 0.800 bits per heavy atom. The van der Waals surface area contributed by atoms with Crippen molar-refractivity contribution in [3.8, 4) is 0 Å². The van der Waals surface area contributed by atoms with E-state index >= 15 is 0 Å². The molecule has 4 saturated carbocycles. The summed E-state index contributed by atoms with van der Waals surface area (Å²) in [5, 5.41) is 3.69. The fraction of sp³-hybridized carbons (Fsp3) is 1.00. The first-order valence-corrected chi connectivity index (χ1v) is 11.2. The first kappa shape index (κ1) is 17.0. The van der Waals surface area contributed by atoms with E-state index in [4.69, 9.17) is 4.74 Å². The maximum atomic E-state index is 6.77. The van der Waals surface area contributed by atoms with E-state index in [2.05, 4.69) is 33.0 Å². The van der Waals surface area contributed by atoms with Crippen molar-refractivity contribution in [2.75, 3.05) is 6.54 Å². The number of fused-ring (bicyclic) bond motifs is 6. The SMILES string of the molecule is CC1(C)NC[C@]2(CCC3C4CCC5CCCC[C@]5(C)C4CC[C@@]32C)O1. The van der Waals surface area contributed by atoms with Gasteiger partial charge in [0.1, 0.15) is 5.72 Å². The van der Waals surface area contributed by atoms with E-state index in [9.17, 15) is 0 Å². The Balaban J connectivity index is 1.46. The maximum Gasteiger partial charge on any atom is 0.114 e. The van der Waals surface area contributed by atoms with Crippen molar-refractivity contribution in [2.24, 2.45) is 34.5 Å². The van der Waals surface area contributed by atoms with Crippen molar-refractivity contribution in [3.63, 3.8) is 0 Å². The topological polar surface area (TPSA) is 21.3 Å². The van der Waals surface area contributed by atoms with Crippen LogP contribution >= 0.6 is 0 Å². The van der Waals surface area contributed by atoms with Gasteiger partial charge in [-0.1, -0.05) is 26.7 Å². The van der Waals surface area contributed by atoms with Crippen LogP contribution in [0, 0.1) is 34.5 Å². The smallest absolute Gasteiger partial charge is 0.114 e. The molecule has 7 atom stereocenters. The van der Waals surface area contributed by atoms with Crippen molar-refractivity contribution >= 4 is 0 Å². The summed E-state index contributed by atoms with van der Waals surface area (Å²) in [6.45, 7) is 10.8. The fourth-order valence-electron chi connectivity index (χ4n) is 8.76. The predicted molar refractivity (Wildman–Crippen MR) is 102 cm³/mol. The molecule has 5 fully saturated rings. The van der Waals surface area contributed by atoms with Crippen LogP contribution < -0.4 is 5.32 Å². The molecule has 1 N–H and O–H groups in total. The van der Waals surface area contributed by atoms with Crippen LogP contribution in [0.5, 0.6) is 0 Å². The van der Waals surface area contributed by atoms with Gasteiger partial charge in [0.25, 0.3) is 0 Å². The van der Waals surface area contributed by atoms with Gasteiger partial charge in [-0.2, -0.15) is 0 Å². The van der Waals surface area contributed by atoms with Gasteiger partial charge in [-0.05, 0) is 94.3 Å². The summed E-state index contributed by atoms with van der Waals surface area (Å²) in [5.41, 5.74) is 1.03. The standard InChI is InChI=1S/C23H39NO/c1-20(2)24-15-23(25-20)14-11-19-17-9-8-16-7-5-6-12-21(16,3)18(17)10-13-22(19,23)4/h16-19,24H,5-15H2,1-4H3/t16?,17?,18?,19?,21-,22-,23-/m0/s1. The second-order valence-corrected chi connectivity index (χ2v) is 11.4. The Morgan fingerprint density at radius 2 is 1.60 bits per heavy atom. The van der Waals surface area contributed by atoms with E-state index < -0.39 is 0 Å². The second kappa shape index (κ2) is 5.25. The normalized spacial score (nSPS) is 57.1. The van der Waals surface area contributed by atoms with Crippen molar-refractivity contribution < 1.29 is 4.74 Å². The highest BCUT2D eigenvalue weighted by Gasteiger charge is 2.67. The number of hydrogen-bond donors (Lipinski definition) is 1. The summed E-state index contributed by atoms with van der Waals surface area (Å²) in [6.07, 6.45) is 14.6. The van der Waals surface area contributed by atoms with Gasteiger partial charge in [-0.3, -0.25) is 5.32 Å². The lowest BCUT2D eigenvalue weighted by Crippen LogP contribution is -2.57. The summed E-state index contributed by atoms with van der Waals surface area (Å²) in [6, 6.07) is 0. The molecule has 0 aromatic heterocycles. The third-order valence-corrected chi connectivity index (χ3v) is 10.1. The van der Waals surface area contributed by atoms with E-state index in [1.807, 2.05) is 0 Å². The van der Waals surface area contributed by atoms with Gasteiger partial charge in [0.15, 0.2) is 0 Å². The molecule has 0 bridgehead atoms. The number of ether oxygens (including phenoxy) is 1. The van der Waals surface area contributed by atoms with E-state index in [0.717, 1.165) is 30.2 Å². The lowest BCUT2D eigenvalue weighted by atomic mass is 9.44. The molecule has 0 aromatic rings. The van der Waals surface area contributed by atoms with Gasteiger partial charge in [0, 0.05) is 12.0 Å². The average Bonchev–Trinajstić information content (AvgIpc) is 3.04. The molecule has 1 spiro atoms. The highest BCUT2D eigenvalue weighted by Crippen LogP contribution is 2.69. The van der Waals surface area contributed by atoms with Gasteiger partial charge in [0.05, 0.1) is 5.60 Å². The largest absolute Gasteiger partial charge is 0.353 e. The molecule has 4 aliphatic carbocycles. The molecule has 4 unspecified atom stereocenters. The molecule has 0 radical (unpaired) electrons. The molecule has 1 aliphatic heterocycles. The first-order chi connectivity index (χ1) is 11.8. The van der Waals surface area contributed by atoms with Gasteiger partial charge >= 0.3 is 0 Å². The molecule has 1 heterocycles. The quantitative estimate of drug-likeness (QED) is 0.624. The van der Waals surface area contributed by atoms with E-state index in [-0.39, 0.29) is 11.3 Å². The third-order valence-electron chi connectivity index (χ3n) is 10.1. The van der Waals surface area contributed by atoms with Gasteiger partial charge in [0.2, 0.25) is 0 Å². The minimum atomic E-state index is -0.137. The average molecular weight is 346 g/mol. The van der Waals surface area contributed by atoms with E-state index in [1.54, 1.807) is 0 Å². The van der Waals surface area contributed by atoms with Crippen molar-refractivity contribution in [1.29, 1.82) is 0 Å². The Kier molecular flexibility index (Phi) is 3.58. The molecular weight excluding hydrogens is 306 g/mol. The summed E-state index contributed by atoms with van der Waals surface area (Å²) >= 11 is 0. The van der Waals surface area contributed by atoms with Crippen LogP contribution in [0.1, 0.15) is 91.9 Å². The molecule has 0 amide bonds. The van der Waals surface area contributed by atoms with Crippen molar-refractivity contribution in [3.05, 3.63) is 0 Å². The van der Waals surface area contributed by atoms with Gasteiger partial charge in [-0.25, -0.2) is 0 Å². The van der Waals surface area contributed by atoms with Crippen LogP contribution in [0.25, 0.3) is 0 Å². The minimum absolute atomic E-state index is 0.108. The van der Waals surface area contributed by atoms with Crippen LogP contribution in [0.3, 0.4) is 0 Å². The zero-order valence-electron chi connectivity index (χ0n) is 17.0. The molecule has 2 heteroatoms. The van der Waals surface area contributed by atoms with E-state index in [0.29, 0.717) is 10.8 Å². The van der Waals surface area contributed by atoms with E-state index in [1.165, 1.54) is 64.2 Å². The maximum absolute atomic E-state index is 6.77. The predicted octanol–water partition coefficient (Wildman–Crippen LogP) is 5.51. The van der Waals surface area contributed by atoms with Crippen LogP contribution in [-0.4, -0.2) is 17.9 Å². The third kappa shape index (κ3) is 2.16. The Hall–Kier alpha value is -0.0800. The Labute approximate surface area is 154 Å².